The number of hydrogen-bond acceptors (Lipinski definition) is 4. The number of hydrogen-bond donors (Lipinski definition) is 0. The third-order valence-electron chi connectivity index (χ3n) is 6.05. The average Bonchev–Trinajstić information content (AvgIpc) is 2.97. The summed E-state index contributed by atoms with van der Waals surface area (Å²) in [4.78, 5) is 31.3. The van der Waals surface area contributed by atoms with Crippen molar-refractivity contribution < 1.29 is 14.0 Å². The van der Waals surface area contributed by atoms with Gasteiger partial charge in [-0.15, -0.1) is 0 Å². The van der Waals surface area contributed by atoms with Gasteiger partial charge in [0.25, 0.3) is 0 Å². The molecule has 0 spiro atoms. The fraction of sp³-hybridized carbons (Fsp3) is 0.600. The van der Waals surface area contributed by atoms with Gasteiger partial charge in [-0.05, 0) is 37.1 Å². The third kappa shape index (κ3) is 3.34. The zero-order valence-corrected chi connectivity index (χ0v) is 15.1. The first kappa shape index (κ1) is 17.5. The molecule has 0 aromatic heterocycles. The van der Waals surface area contributed by atoms with E-state index in [4.69, 9.17) is 0 Å². The maximum absolute atomic E-state index is 13.1. The highest BCUT2D eigenvalue weighted by atomic mass is 19.1. The van der Waals surface area contributed by atoms with Crippen LogP contribution in [0.2, 0.25) is 0 Å². The van der Waals surface area contributed by atoms with E-state index in [0.717, 1.165) is 57.5 Å². The molecule has 4 rings (SSSR count). The second-order valence-electron chi connectivity index (χ2n) is 7.61. The highest BCUT2D eigenvalue weighted by Crippen LogP contribution is 2.29. The van der Waals surface area contributed by atoms with E-state index in [9.17, 15) is 14.0 Å². The number of piperazine rings is 1. The van der Waals surface area contributed by atoms with Crippen LogP contribution in [0.25, 0.3) is 0 Å². The largest absolute Gasteiger partial charge is 0.369 e. The molecule has 1 saturated carbocycles. The molecule has 1 aliphatic carbocycles. The van der Waals surface area contributed by atoms with Crippen LogP contribution < -0.4 is 4.90 Å². The Kier molecular flexibility index (Phi) is 4.94. The molecule has 0 radical (unpaired) electrons. The molecular formula is C20H26FN3O2. The van der Waals surface area contributed by atoms with Gasteiger partial charge in [-0.1, -0.05) is 19.3 Å². The van der Waals surface area contributed by atoms with Gasteiger partial charge >= 0.3 is 0 Å². The number of nitrogens with zero attached hydrogens (tertiary/aromatic N) is 3. The molecule has 2 heterocycles. The van der Waals surface area contributed by atoms with Gasteiger partial charge in [0, 0.05) is 37.9 Å². The van der Waals surface area contributed by atoms with E-state index in [2.05, 4.69) is 9.80 Å². The molecule has 3 fully saturated rings. The molecule has 1 aromatic rings. The van der Waals surface area contributed by atoms with Crippen LogP contribution in [0.3, 0.4) is 0 Å². The van der Waals surface area contributed by atoms with E-state index in [-0.39, 0.29) is 29.7 Å². The summed E-state index contributed by atoms with van der Waals surface area (Å²) in [5, 5.41) is 0. The van der Waals surface area contributed by atoms with Gasteiger partial charge < -0.3 is 4.90 Å². The first-order valence-corrected chi connectivity index (χ1v) is 9.74. The van der Waals surface area contributed by atoms with Gasteiger partial charge in [0.15, 0.2) is 0 Å². The first-order chi connectivity index (χ1) is 12.6. The lowest BCUT2D eigenvalue weighted by atomic mass is 9.94. The standard InChI is InChI=1S/C20H26FN3O2/c21-15-6-8-16(9-7-15)22-10-12-23(13-11-22)18-14-19(25)24(20(18)26)17-4-2-1-3-5-17/h6-9,17-18H,1-5,10-14H2/t18-/m1/s1. The number of imide groups is 1. The van der Waals surface area contributed by atoms with E-state index >= 15 is 0 Å². The molecule has 0 N–H and O–H groups in total. The van der Waals surface area contributed by atoms with Crippen molar-refractivity contribution in [3.8, 4) is 0 Å². The molecule has 1 atom stereocenters. The van der Waals surface area contributed by atoms with Crippen LogP contribution >= 0.6 is 0 Å². The van der Waals surface area contributed by atoms with Crippen molar-refractivity contribution >= 4 is 17.5 Å². The van der Waals surface area contributed by atoms with Crippen LogP contribution in [0.4, 0.5) is 10.1 Å². The quantitative estimate of drug-likeness (QED) is 0.778. The highest BCUT2D eigenvalue weighted by Gasteiger charge is 2.45. The number of amides is 2. The first-order valence-electron chi connectivity index (χ1n) is 9.74. The Bertz CT molecular complexity index is 664. The minimum Gasteiger partial charge on any atom is -0.369 e. The van der Waals surface area contributed by atoms with Crippen molar-refractivity contribution in [1.82, 2.24) is 9.80 Å². The predicted octanol–water partition coefficient (Wildman–Crippen LogP) is 2.41. The van der Waals surface area contributed by atoms with E-state index in [1.54, 1.807) is 17.0 Å². The number of anilines is 1. The number of benzene rings is 1. The number of carbonyl (C=O) groups excluding carboxylic acids is 2. The monoisotopic (exact) mass is 359 g/mol. The molecule has 2 aliphatic heterocycles. The second-order valence-corrected chi connectivity index (χ2v) is 7.61. The van der Waals surface area contributed by atoms with Crippen LogP contribution in [0.15, 0.2) is 24.3 Å². The van der Waals surface area contributed by atoms with Crippen LogP contribution in [0, 0.1) is 5.82 Å². The van der Waals surface area contributed by atoms with Crippen LogP contribution in [-0.4, -0.2) is 59.9 Å². The van der Waals surface area contributed by atoms with Crippen LogP contribution in [0.1, 0.15) is 38.5 Å². The third-order valence-corrected chi connectivity index (χ3v) is 6.05. The predicted molar refractivity (Wildman–Crippen MR) is 97.3 cm³/mol. The van der Waals surface area contributed by atoms with E-state index in [1.165, 1.54) is 18.6 Å². The maximum Gasteiger partial charge on any atom is 0.247 e. The Morgan fingerprint density at radius 2 is 1.54 bits per heavy atom. The Morgan fingerprint density at radius 1 is 0.885 bits per heavy atom. The SMILES string of the molecule is O=C1C[C@@H](N2CCN(c3ccc(F)cc3)CC2)C(=O)N1C1CCCCC1. The highest BCUT2D eigenvalue weighted by molar-refractivity contribution is 6.05. The number of rotatable bonds is 3. The summed E-state index contributed by atoms with van der Waals surface area (Å²) in [6, 6.07) is 6.36. The molecule has 26 heavy (non-hydrogen) atoms. The fourth-order valence-electron chi connectivity index (χ4n) is 4.59. The summed E-state index contributed by atoms with van der Waals surface area (Å²) in [5.74, 6) is -0.213. The molecule has 6 heteroatoms. The fourth-order valence-corrected chi connectivity index (χ4v) is 4.59. The molecule has 2 saturated heterocycles. The summed E-state index contributed by atoms with van der Waals surface area (Å²) in [5.41, 5.74) is 1.00. The van der Waals surface area contributed by atoms with Crippen molar-refractivity contribution in [2.75, 3.05) is 31.1 Å². The van der Waals surface area contributed by atoms with Crippen molar-refractivity contribution in [1.29, 1.82) is 0 Å². The second kappa shape index (κ2) is 7.35. The molecule has 0 unspecified atom stereocenters. The maximum atomic E-state index is 13.1. The summed E-state index contributed by atoms with van der Waals surface area (Å²) >= 11 is 0. The van der Waals surface area contributed by atoms with Gasteiger partial charge in [0.2, 0.25) is 11.8 Å². The van der Waals surface area contributed by atoms with E-state index < -0.39 is 0 Å². The summed E-state index contributed by atoms with van der Waals surface area (Å²) in [7, 11) is 0. The normalized spacial score (nSPS) is 26.0. The van der Waals surface area contributed by atoms with E-state index in [0.29, 0.717) is 6.42 Å². The van der Waals surface area contributed by atoms with Crippen molar-refractivity contribution in [3.05, 3.63) is 30.1 Å². The minimum atomic E-state index is -0.292. The summed E-state index contributed by atoms with van der Waals surface area (Å²) in [6.45, 7) is 3.07. The topological polar surface area (TPSA) is 43.9 Å². The smallest absolute Gasteiger partial charge is 0.247 e. The lowest BCUT2D eigenvalue weighted by molar-refractivity contribution is -0.143. The zero-order valence-electron chi connectivity index (χ0n) is 15.1. The summed E-state index contributed by atoms with van der Waals surface area (Å²) in [6.07, 6.45) is 5.68. The molecule has 140 valence electrons. The van der Waals surface area contributed by atoms with Gasteiger partial charge in [-0.2, -0.15) is 0 Å². The zero-order chi connectivity index (χ0) is 18.1. The molecule has 2 amide bonds. The lowest BCUT2D eigenvalue weighted by Crippen LogP contribution is -2.53. The van der Waals surface area contributed by atoms with Gasteiger partial charge in [0.1, 0.15) is 5.82 Å². The lowest BCUT2D eigenvalue weighted by Gasteiger charge is -2.38. The Hall–Kier alpha value is -1.95. The Balaban J connectivity index is 1.37. The molecular weight excluding hydrogens is 333 g/mol. The Labute approximate surface area is 153 Å². The van der Waals surface area contributed by atoms with Gasteiger partial charge in [0.05, 0.1) is 12.5 Å². The molecule has 5 nitrogen and oxygen atoms in total. The van der Waals surface area contributed by atoms with E-state index in [1.807, 2.05) is 0 Å². The van der Waals surface area contributed by atoms with Gasteiger partial charge in [-0.25, -0.2) is 4.39 Å². The van der Waals surface area contributed by atoms with Crippen LogP contribution in [-0.2, 0) is 9.59 Å². The average molecular weight is 359 g/mol. The van der Waals surface area contributed by atoms with Crippen molar-refractivity contribution in [2.45, 2.75) is 50.6 Å². The number of likely N-dealkylation sites (tertiary alicyclic amines) is 1. The molecule has 3 aliphatic rings. The van der Waals surface area contributed by atoms with Crippen molar-refractivity contribution in [3.63, 3.8) is 0 Å². The minimum absolute atomic E-state index is 0.00728. The van der Waals surface area contributed by atoms with Crippen LogP contribution in [0.5, 0.6) is 0 Å². The summed E-state index contributed by atoms with van der Waals surface area (Å²) < 4.78 is 13.1. The number of halogens is 1. The molecule has 1 aromatic carbocycles. The molecule has 0 bridgehead atoms. The Morgan fingerprint density at radius 3 is 2.19 bits per heavy atom. The number of carbonyl (C=O) groups is 2. The van der Waals surface area contributed by atoms with Crippen molar-refractivity contribution in [2.24, 2.45) is 0 Å². The van der Waals surface area contributed by atoms with Gasteiger partial charge in [-0.3, -0.25) is 19.4 Å².